The van der Waals surface area contributed by atoms with E-state index in [4.69, 9.17) is 15.2 Å². The van der Waals surface area contributed by atoms with Crippen molar-refractivity contribution in [2.45, 2.75) is 6.54 Å². The highest BCUT2D eigenvalue weighted by Crippen LogP contribution is 2.36. The predicted octanol–water partition coefficient (Wildman–Crippen LogP) is 2.89. The molecule has 0 fully saturated rings. The van der Waals surface area contributed by atoms with E-state index in [1.165, 1.54) is 5.56 Å². The van der Waals surface area contributed by atoms with Gasteiger partial charge in [0.15, 0.2) is 11.5 Å². The molecule has 0 spiro atoms. The van der Waals surface area contributed by atoms with Crippen LogP contribution in [0.2, 0.25) is 0 Å². The lowest BCUT2D eigenvalue weighted by atomic mass is 10.0. The third kappa shape index (κ3) is 2.28. The first-order chi connectivity index (χ1) is 8.30. The van der Waals surface area contributed by atoms with Crippen LogP contribution in [0.3, 0.4) is 0 Å². The van der Waals surface area contributed by atoms with Crippen LogP contribution in [-0.2, 0) is 6.54 Å². The summed E-state index contributed by atoms with van der Waals surface area (Å²) in [5, 5.41) is 4.15. The fourth-order valence-electron chi connectivity index (χ4n) is 1.79. The lowest BCUT2D eigenvalue weighted by Crippen LogP contribution is -2.02. The van der Waals surface area contributed by atoms with Crippen LogP contribution in [0.15, 0.2) is 29.0 Å². The monoisotopic (exact) mass is 249 g/mol. The van der Waals surface area contributed by atoms with Crippen molar-refractivity contribution in [2.75, 3.05) is 14.2 Å². The number of ether oxygens (including phenoxy) is 2. The van der Waals surface area contributed by atoms with Crippen molar-refractivity contribution in [3.8, 4) is 22.6 Å². The topological polar surface area (TPSA) is 44.5 Å². The second kappa shape index (κ2) is 5.21. The first-order valence-electron chi connectivity index (χ1n) is 5.27. The van der Waals surface area contributed by atoms with E-state index < -0.39 is 0 Å². The molecule has 1 heterocycles. The number of rotatable bonds is 4. The summed E-state index contributed by atoms with van der Waals surface area (Å²) in [7, 11) is 3.26. The number of benzene rings is 1. The van der Waals surface area contributed by atoms with Crippen LogP contribution >= 0.6 is 11.3 Å². The van der Waals surface area contributed by atoms with Crippen molar-refractivity contribution in [2.24, 2.45) is 5.73 Å². The van der Waals surface area contributed by atoms with Crippen LogP contribution in [0, 0.1) is 0 Å². The molecule has 1 aromatic heterocycles. The van der Waals surface area contributed by atoms with Gasteiger partial charge in [0, 0.05) is 12.1 Å². The number of hydrogen-bond acceptors (Lipinski definition) is 4. The molecule has 0 saturated heterocycles. The molecule has 0 amide bonds. The van der Waals surface area contributed by atoms with Crippen LogP contribution in [0.4, 0.5) is 0 Å². The molecule has 17 heavy (non-hydrogen) atoms. The molecule has 2 N–H and O–H groups in total. The number of nitrogens with two attached hydrogens (primary N) is 1. The Kier molecular flexibility index (Phi) is 3.66. The van der Waals surface area contributed by atoms with E-state index in [1.54, 1.807) is 25.6 Å². The van der Waals surface area contributed by atoms with Gasteiger partial charge in [-0.1, -0.05) is 0 Å². The van der Waals surface area contributed by atoms with Gasteiger partial charge in [-0.25, -0.2) is 0 Å². The van der Waals surface area contributed by atoms with Crippen LogP contribution in [-0.4, -0.2) is 14.2 Å². The van der Waals surface area contributed by atoms with Crippen molar-refractivity contribution in [3.63, 3.8) is 0 Å². The van der Waals surface area contributed by atoms with Crippen molar-refractivity contribution >= 4 is 11.3 Å². The van der Waals surface area contributed by atoms with Gasteiger partial charge in [-0.05, 0) is 40.1 Å². The third-order valence-electron chi connectivity index (χ3n) is 2.63. The van der Waals surface area contributed by atoms with E-state index in [2.05, 4.69) is 11.4 Å². The quantitative estimate of drug-likeness (QED) is 0.906. The first kappa shape index (κ1) is 12.0. The highest BCUT2D eigenvalue weighted by atomic mass is 32.1. The van der Waals surface area contributed by atoms with Gasteiger partial charge in [0.25, 0.3) is 0 Å². The van der Waals surface area contributed by atoms with E-state index in [9.17, 15) is 0 Å². The molecule has 1 aromatic carbocycles. The summed E-state index contributed by atoms with van der Waals surface area (Å²) in [6.07, 6.45) is 0. The minimum absolute atomic E-state index is 0.428. The number of thiophene rings is 1. The molecule has 0 atom stereocenters. The molecule has 2 aromatic rings. The SMILES string of the molecule is COc1cc(-c2ccsc2)cc(CN)c1OC. The summed E-state index contributed by atoms with van der Waals surface area (Å²) in [5.74, 6) is 1.44. The van der Waals surface area contributed by atoms with Crippen LogP contribution < -0.4 is 15.2 Å². The van der Waals surface area contributed by atoms with Crippen LogP contribution in [0.25, 0.3) is 11.1 Å². The Morgan fingerprint density at radius 2 is 2.00 bits per heavy atom. The lowest BCUT2D eigenvalue weighted by Gasteiger charge is -2.13. The molecular formula is C13H15NO2S. The molecule has 0 saturated carbocycles. The summed E-state index contributed by atoms with van der Waals surface area (Å²) in [6.45, 7) is 0.428. The van der Waals surface area contributed by atoms with Gasteiger partial charge >= 0.3 is 0 Å². The smallest absolute Gasteiger partial charge is 0.165 e. The Morgan fingerprint density at radius 1 is 1.18 bits per heavy atom. The normalized spacial score (nSPS) is 10.3. The largest absolute Gasteiger partial charge is 0.493 e. The molecule has 3 nitrogen and oxygen atoms in total. The number of methoxy groups -OCH3 is 2. The summed E-state index contributed by atoms with van der Waals surface area (Å²) in [4.78, 5) is 0. The van der Waals surface area contributed by atoms with E-state index in [-0.39, 0.29) is 0 Å². The molecule has 0 aliphatic carbocycles. The zero-order valence-corrected chi connectivity index (χ0v) is 10.7. The van der Waals surface area contributed by atoms with Gasteiger partial charge in [0.2, 0.25) is 0 Å². The van der Waals surface area contributed by atoms with Gasteiger partial charge in [0.05, 0.1) is 14.2 Å². The highest BCUT2D eigenvalue weighted by Gasteiger charge is 2.12. The minimum Gasteiger partial charge on any atom is -0.493 e. The Labute approximate surface area is 105 Å². The zero-order valence-electron chi connectivity index (χ0n) is 9.90. The van der Waals surface area contributed by atoms with E-state index in [1.807, 2.05) is 17.5 Å². The molecule has 0 aliphatic heterocycles. The molecule has 90 valence electrons. The fraction of sp³-hybridized carbons (Fsp3) is 0.231. The van der Waals surface area contributed by atoms with E-state index in [0.717, 1.165) is 16.9 Å². The standard InChI is InChI=1S/C13H15NO2S/c1-15-12-6-10(9-3-4-17-8-9)5-11(7-14)13(12)16-2/h3-6,8H,7,14H2,1-2H3. The average Bonchev–Trinajstić information content (AvgIpc) is 2.90. The third-order valence-corrected chi connectivity index (χ3v) is 3.31. The Hall–Kier alpha value is -1.52. The molecule has 2 rings (SSSR count). The molecule has 0 bridgehead atoms. The van der Waals surface area contributed by atoms with Gasteiger partial charge in [-0.2, -0.15) is 11.3 Å². The van der Waals surface area contributed by atoms with Gasteiger partial charge < -0.3 is 15.2 Å². The molecule has 0 radical (unpaired) electrons. The van der Waals surface area contributed by atoms with E-state index >= 15 is 0 Å². The lowest BCUT2D eigenvalue weighted by molar-refractivity contribution is 0.352. The average molecular weight is 249 g/mol. The van der Waals surface area contributed by atoms with Crippen molar-refractivity contribution in [1.29, 1.82) is 0 Å². The highest BCUT2D eigenvalue weighted by molar-refractivity contribution is 7.08. The second-order valence-electron chi connectivity index (χ2n) is 3.59. The molecule has 4 heteroatoms. The minimum atomic E-state index is 0.428. The molecule has 0 aliphatic rings. The summed E-state index contributed by atoms with van der Waals surface area (Å²) in [6, 6.07) is 6.09. The van der Waals surface area contributed by atoms with Crippen LogP contribution in [0.1, 0.15) is 5.56 Å². The maximum atomic E-state index is 5.74. The van der Waals surface area contributed by atoms with Crippen molar-refractivity contribution in [3.05, 3.63) is 34.5 Å². The summed E-state index contributed by atoms with van der Waals surface area (Å²) < 4.78 is 10.7. The Morgan fingerprint density at radius 3 is 2.53 bits per heavy atom. The Bertz CT molecular complexity index is 469. The maximum absolute atomic E-state index is 5.74. The Balaban J connectivity index is 2.56. The summed E-state index contributed by atoms with van der Waals surface area (Å²) >= 11 is 1.67. The fourth-order valence-corrected chi connectivity index (χ4v) is 2.46. The van der Waals surface area contributed by atoms with Gasteiger partial charge in [0.1, 0.15) is 0 Å². The van der Waals surface area contributed by atoms with Crippen molar-refractivity contribution < 1.29 is 9.47 Å². The second-order valence-corrected chi connectivity index (χ2v) is 4.37. The molecular weight excluding hydrogens is 234 g/mol. The number of hydrogen-bond donors (Lipinski definition) is 1. The van der Waals surface area contributed by atoms with Gasteiger partial charge in [-0.3, -0.25) is 0 Å². The van der Waals surface area contributed by atoms with Gasteiger partial charge in [-0.15, -0.1) is 0 Å². The van der Waals surface area contributed by atoms with Crippen molar-refractivity contribution in [1.82, 2.24) is 0 Å². The zero-order chi connectivity index (χ0) is 12.3. The first-order valence-corrected chi connectivity index (χ1v) is 6.22. The van der Waals surface area contributed by atoms with E-state index in [0.29, 0.717) is 12.3 Å². The van der Waals surface area contributed by atoms with Crippen LogP contribution in [0.5, 0.6) is 11.5 Å². The maximum Gasteiger partial charge on any atom is 0.165 e. The summed E-state index contributed by atoms with van der Waals surface area (Å²) in [5.41, 5.74) is 8.96. The molecule has 0 unspecified atom stereocenters. The predicted molar refractivity (Wildman–Crippen MR) is 70.8 cm³/mol.